The molecule has 0 atom stereocenters. The monoisotopic (exact) mass is 281 g/mol. The molecule has 6 heteroatoms. The van der Waals surface area contributed by atoms with Gasteiger partial charge in [-0.3, -0.25) is 4.79 Å². The fraction of sp³-hybridized carbons (Fsp3) is 0.571. The van der Waals surface area contributed by atoms with Gasteiger partial charge in [-0.2, -0.15) is 0 Å². The Bertz CT molecular complexity index is 385. The fourth-order valence-electron chi connectivity index (χ4n) is 1.67. The first-order chi connectivity index (χ1) is 9.69. The predicted molar refractivity (Wildman–Crippen MR) is 77.5 cm³/mol. The normalized spacial score (nSPS) is 10.5. The lowest BCUT2D eigenvalue weighted by molar-refractivity contribution is 0.0550. The van der Waals surface area contributed by atoms with Gasteiger partial charge in [-0.05, 0) is 26.0 Å². The van der Waals surface area contributed by atoms with Crippen LogP contribution in [0, 0.1) is 0 Å². The van der Waals surface area contributed by atoms with Crippen molar-refractivity contribution in [3.05, 3.63) is 23.9 Å². The number of carbonyl (C=O) groups excluding carboxylic acids is 1. The third-order valence-corrected chi connectivity index (χ3v) is 2.74. The van der Waals surface area contributed by atoms with Crippen LogP contribution in [0.4, 0.5) is 5.82 Å². The molecule has 112 valence electrons. The summed E-state index contributed by atoms with van der Waals surface area (Å²) in [5, 5.41) is 0. The van der Waals surface area contributed by atoms with Crippen molar-refractivity contribution in [2.75, 3.05) is 45.3 Å². The molecule has 1 amide bonds. The maximum absolute atomic E-state index is 12.4. The molecule has 1 rings (SSSR count). The molecule has 1 aromatic rings. The van der Waals surface area contributed by atoms with Crippen molar-refractivity contribution in [3.63, 3.8) is 0 Å². The smallest absolute Gasteiger partial charge is 0.255 e. The molecule has 0 saturated heterocycles. The van der Waals surface area contributed by atoms with Gasteiger partial charge < -0.3 is 20.1 Å². The maximum Gasteiger partial charge on any atom is 0.255 e. The van der Waals surface area contributed by atoms with E-state index in [-0.39, 0.29) is 5.91 Å². The number of nitrogens with two attached hydrogens (primary N) is 1. The van der Waals surface area contributed by atoms with E-state index in [0.29, 0.717) is 50.9 Å². The second-order valence-electron chi connectivity index (χ2n) is 4.16. The van der Waals surface area contributed by atoms with Gasteiger partial charge in [0.25, 0.3) is 5.91 Å². The van der Waals surface area contributed by atoms with Crippen LogP contribution in [0.5, 0.6) is 0 Å². The highest BCUT2D eigenvalue weighted by atomic mass is 16.5. The summed E-state index contributed by atoms with van der Waals surface area (Å²) >= 11 is 0. The van der Waals surface area contributed by atoms with Gasteiger partial charge in [0, 0.05) is 32.5 Å². The van der Waals surface area contributed by atoms with E-state index in [0.717, 1.165) is 0 Å². The molecule has 0 radical (unpaired) electrons. The zero-order valence-electron chi connectivity index (χ0n) is 12.2. The van der Waals surface area contributed by atoms with E-state index in [1.165, 1.54) is 6.20 Å². The summed E-state index contributed by atoms with van der Waals surface area (Å²) in [6.45, 7) is 7.21. The first kappa shape index (κ1) is 16.4. The van der Waals surface area contributed by atoms with Gasteiger partial charge in [-0.1, -0.05) is 0 Å². The molecule has 0 aliphatic rings. The van der Waals surface area contributed by atoms with Crippen molar-refractivity contribution in [1.82, 2.24) is 9.88 Å². The fourth-order valence-corrected chi connectivity index (χ4v) is 1.67. The minimum absolute atomic E-state index is 0.0862. The molecule has 1 heterocycles. The topological polar surface area (TPSA) is 77.7 Å². The van der Waals surface area contributed by atoms with E-state index in [4.69, 9.17) is 15.2 Å². The van der Waals surface area contributed by atoms with Crippen LogP contribution in [0.2, 0.25) is 0 Å². The third-order valence-electron chi connectivity index (χ3n) is 2.74. The number of nitrogens with zero attached hydrogens (tertiary/aromatic N) is 2. The van der Waals surface area contributed by atoms with E-state index >= 15 is 0 Å². The summed E-state index contributed by atoms with van der Waals surface area (Å²) < 4.78 is 10.6. The number of ether oxygens (including phenoxy) is 2. The molecule has 6 nitrogen and oxygen atoms in total. The quantitative estimate of drug-likeness (QED) is 0.688. The molecular formula is C14H23N3O3. The predicted octanol–water partition coefficient (Wildman–Crippen LogP) is 1.18. The lowest BCUT2D eigenvalue weighted by atomic mass is 10.2. The zero-order valence-corrected chi connectivity index (χ0v) is 12.2. The summed E-state index contributed by atoms with van der Waals surface area (Å²) in [6, 6.07) is 3.30. The lowest BCUT2D eigenvalue weighted by Crippen LogP contribution is -2.36. The Kier molecular flexibility index (Phi) is 7.60. The molecule has 0 saturated carbocycles. The van der Waals surface area contributed by atoms with Gasteiger partial charge in [-0.25, -0.2) is 4.98 Å². The Labute approximate surface area is 119 Å². The number of carbonyl (C=O) groups is 1. The number of anilines is 1. The first-order valence-corrected chi connectivity index (χ1v) is 6.85. The molecule has 0 aliphatic carbocycles. The van der Waals surface area contributed by atoms with Crippen LogP contribution >= 0.6 is 0 Å². The van der Waals surface area contributed by atoms with Crippen molar-refractivity contribution in [3.8, 4) is 0 Å². The number of hydrogen-bond donors (Lipinski definition) is 1. The summed E-state index contributed by atoms with van der Waals surface area (Å²) in [7, 11) is 0. The summed E-state index contributed by atoms with van der Waals surface area (Å²) in [6.07, 6.45) is 1.49. The molecule has 1 aromatic heterocycles. The number of hydrogen-bond acceptors (Lipinski definition) is 5. The third kappa shape index (κ3) is 5.54. The number of nitrogen functional groups attached to an aromatic ring is 1. The van der Waals surface area contributed by atoms with Crippen LogP contribution in [-0.4, -0.2) is 55.3 Å². The Morgan fingerprint density at radius 3 is 2.25 bits per heavy atom. The molecule has 0 spiro atoms. The van der Waals surface area contributed by atoms with Crippen molar-refractivity contribution < 1.29 is 14.3 Å². The van der Waals surface area contributed by atoms with Crippen molar-refractivity contribution >= 4 is 11.7 Å². The highest BCUT2D eigenvalue weighted by Gasteiger charge is 2.15. The van der Waals surface area contributed by atoms with Crippen LogP contribution in [0.25, 0.3) is 0 Å². The molecule has 0 aliphatic heterocycles. The lowest BCUT2D eigenvalue weighted by Gasteiger charge is -2.22. The van der Waals surface area contributed by atoms with E-state index < -0.39 is 0 Å². The molecule has 0 aromatic carbocycles. The van der Waals surface area contributed by atoms with Gasteiger partial charge >= 0.3 is 0 Å². The molecule has 20 heavy (non-hydrogen) atoms. The Morgan fingerprint density at radius 2 is 1.80 bits per heavy atom. The van der Waals surface area contributed by atoms with E-state index in [1.54, 1.807) is 17.0 Å². The SMILES string of the molecule is CCOCCN(CCOCC)C(=O)c1ccc(N)nc1. The van der Waals surface area contributed by atoms with Crippen LogP contribution < -0.4 is 5.73 Å². The van der Waals surface area contributed by atoms with E-state index in [2.05, 4.69) is 4.98 Å². The number of aromatic nitrogens is 1. The van der Waals surface area contributed by atoms with E-state index in [1.807, 2.05) is 13.8 Å². The highest BCUT2D eigenvalue weighted by Crippen LogP contribution is 2.06. The maximum atomic E-state index is 12.4. The van der Waals surface area contributed by atoms with Gasteiger partial charge in [0.05, 0.1) is 18.8 Å². The van der Waals surface area contributed by atoms with Gasteiger partial charge in [0.15, 0.2) is 0 Å². The van der Waals surface area contributed by atoms with Gasteiger partial charge in [-0.15, -0.1) is 0 Å². The Balaban J connectivity index is 2.63. The average molecular weight is 281 g/mol. The van der Waals surface area contributed by atoms with Gasteiger partial charge in [0.1, 0.15) is 5.82 Å². The number of pyridine rings is 1. The Hall–Kier alpha value is -1.66. The second kappa shape index (κ2) is 9.28. The highest BCUT2D eigenvalue weighted by molar-refractivity contribution is 5.94. The summed E-state index contributed by atoms with van der Waals surface area (Å²) in [4.78, 5) is 18.0. The van der Waals surface area contributed by atoms with Crippen LogP contribution in [0.15, 0.2) is 18.3 Å². The summed E-state index contributed by atoms with van der Waals surface area (Å²) in [5.74, 6) is 0.314. The van der Waals surface area contributed by atoms with Crippen LogP contribution in [0.3, 0.4) is 0 Å². The molecular weight excluding hydrogens is 258 g/mol. The molecule has 0 bridgehead atoms. The summed E-state index contributed by atoms with van der Waals surface area (Å²) in [5.41, 5.74) is 6.04. The van der Waals surface area contributed by atoms with Gasteiger partial charge in [0.2, 0.25) is 0 Å². The standard InChI is InChI=1S/C14H23N3O3/c1-3-19-9-7-17(8-10-20-4-2)14(18)12-5-6-13(15)16-11-12/h5-6,11H,3-4,7-10H2,1-2H3,(H2,15,16). The van der Waals surface area contributed by atoms with Crippen molar-refractivity contribution in [2.45, 2.75) is 13.8 Å². The van der Waals surface area contributed by atoms with Crippen LogP contribution in [0.1, 0.15) is 24.2 Å². The average Bonchev–Trinajstić information content (AvgIpc) is 2.46. The number of rotatable bonds is 9. The molecule has 0 unspecified atom stereocenters. The van der Waals surface area contributed by atoms with Crippen molar-refractivity contribution in [2.24, 2.45) is 0 Å². The second-order valence-corrected chi connectivity index (χ2v) is 4.16. The number of amides is 1. The largest absolute Gasteiger partial charge is 0.384 e. The molecule has 0 fully saturated rings. The minimum Gasteiger partial charge on any atom is -0.384 e. The van der Waals surface area contributed by atoms with Crippen LogP contribution in [-0.2, 0) is 9.47 Å². The zero-order chi connectivity index (χ0) is 14.8. The van der Waals surface area contributed by atoms with E-state index in [9.17, 15) is 4.79 Å². The first-order valence-electron chi connectivity index (χ1n) is 6.85. The Morgan fingerprint density at radius 1 is 1.20 bits per heavy atom. The van der Waals surface area contributed by atoms with Crippen molar-refractivity contribution in [1.29, 1.82) is 0 Å². The minimum atomic E-state index is -0.0862. The molecule has 2 N–H and O–H groups in total.